The van der Waals surface area contributed by atoms with Gasteiger partial charge >= 0.3 is 5.97 Å². The van der Waals surface area contributed by atoms with Crippen molar-refractivity contribution < 1.29 is 19.4 Å². The maximum Gasteiger partial charge on any atom is 0.336 e. The molecule has 0 fully saturated rings. The first-order valence-corrected chi connectivity index (χ1v) is 12.3. The lowest BCUT2D eigenvalue weighted by atomic mass is 9.72. The van der Waals surface area contributed by atoms with Crippen LogP contribution in [-0.4, -0.2) is 23.5 Å². The number of benzene rings is 3. The molecular weight excluding hydrogens is 450 g/mol. The van der Waals surface area contributed by atoms with Gasteiger partial charge in [0, 0.05) is 35.7 Å². The van der Waals surface area contributed by atoms with Crippen LogP contribution in [0.5, 0.6) is 5.75 Å². The van der Waals surface area contributed by atoms with Gasteiger partial charge in [-0.1, -0.05) is 72.8 Å². The minimum Gasteiger partial charge on any atom is -0.508 e. The van der Waals surface area contributed by atoms with E-state index in [4.69, 9.17) is 4.74 Å². The Bertz CT molecular complexity index is 1320. The van der Waals surface area contributed by atoms with Crippen molar-refractivity contribution in [2.45, 2.75) is 38.0 Å². The normalized spacial score (nSPS) is 19.5. The van der Waals surface area contributed by atoms with Gasteiger partial charge in [0.05, 0.1) is 12.2 Å². The average Bonchev–Trinajstić information content (AvgIpc) is 2.89. The largest absolute Gasteiger partial charge is 0.508 e. The number of phenolic OH excluding ortho intramolecular Hbond substituents is 1. The monoisotopic (exact) mass is 479 g/mol. The van der Waals surface area contributed by atoms with E-state index < -0.39 is 11.9 Å². The van der Waals surface area contributed by atoms with Crippen LogP contribution in [0.2, 0.25) is 0 Å². The van der Waals surface area contributed by atoms with E-state index in [0.717, 1.165) is 22.4 Å². The van der Waals surface area contributed by atoms with Crippen molar-refractivity contribution in [3.63, 3.8) is 0 Å². The highest BCUT2D eigenvalue weighted by atomic mass is 16.5. The molecule has 1 aliphatic carbocycles. The predicted molar refractivity (Wildman–Crippen MR) is 138 cm³/mol. The molecule has 2 aliphatic rings. The summed E-state index contributed by atoms with van der Waals surface area (Å²) in [6.07, 6.45) is 1.68. The van der Waals surface area contributed by atoms with Crippen molar-refractivity contribution in [1.29, 1.82) is 0 Å². The van der Waals surface area contributed by atoms with E-state index in [-0.39, 0.29) is 24.1 Å². The van der Waals surface area contributed by atoms with E-state index in [1.165, 1.54) is 0 Å². The number of hydrogen-bond donors (Lipinski definition) is 2. The Labute approximate surface area is 211 Å². The number of Topliss-reactive ketones (excluding diaryl/α,β-unsaturated/α-hetero) is 1. The lowest BCUT2D eigenvalue weighted by Crippen LogP contribution is -2.36. The summed E-state index contributed by atoms with van der Waals surface area (Å²) in [6, 6.07) is 26.7. The summed E-state index contributed by atoms with van der Waals surface area (Å²) in [5.74, 6) is -0.738. The Kier molecular flexibility index (Phi) is 6.72. The zero-order valence-electron chi connectivity index (χ0n) is 20.2. The molecule has 3 aromatic carbocycles. The van der Waals surface area contributed by atoms with E-state index in [0.29, 0.717) is 36.1 Å². The fourth-order valence-corrected chi connectivity index (χ4v) is 5.25. The summed E-state index contributed by atoms with van der Waals surface area (Å²) in [7, 11) is 0. The van der Waals surface area contributed by atoms with Gasteiger partial charge in [-0.25, -0.2) is 4.79 Å². The van der Waals surface area contributed by atoms with Crippen molar-refractivity contribution in [1.82, 2.24) is 5.32 Å². The molecule has 0 bridgehead atoms. The molecule has 0 amide bonds. The van der Waals surface area contributed by atoms with Crippen LogP contribution in [0, 0.1) is 0 Å². The number of ether oxygens (including phenoxy) is 1. The van der Waals surface area contributed by atoms with Crippen LogP contribution in [0.15, 0.2) is 107 Å². The van der Waals surface area contributed by atoms with Gasteiger partial charge in [-0.2, -0.15) is 0 Å². The van der Waals surface area contributed by atoms with Crippen molar-refractivity contribution in [3.05, 3.63) is 124 Å². The number of nitrogens with one attached hydrogen (secondary N) is 1. The maximum atomic E-state index is 13.6. The lowest BCUT2D eigenvalue weighted by molar-refractivity contribution is -0.139. The second-order valence-electron chi connectivity index (χ2n) is 9.39. The van der Waals surface area contributed by atoms with Crippen LogP contribution in [0.3, 0.4) is 0 Å². The van der Waals surface area contributed by atoms with Gasteiger partial charge in [0.25, 0.3) is 0 Å². The Morgan fingerprint density at radius 3 is 2.28 bits per heavy atom. The van der Waals surface area contributed by atoms with Gasteiger partial charge in [0.1, 0.15) is 5.75 Å². The number of hydrogen-bond acceptors (Lipinski definition) is 5. The average molecular weight is 480 g/mol. The summed E-state index contributed by atoms with van der Waals surface area (Å²) in [5, 5.41) is 13.2. The van der Waals surface area contributed by atoms with E-state index in [9.17, 15) is 14.7 Å². The summed E-state index contributed by atoms with van der Waals surface area (Å²) >= 11 is 0. The Hall–Kier alpha value is -4.12. The SMILES string of the molecule is CC1=C(C(=O)OCCc2ccccc2)[C@@H](c2ccc(O)cc2)C2=C(C[C@@H](c3ccccc3)CC2=O)N1. The molecule has 2 N–H and O–H groups in total. The van der Waals surface area contributed by atoms with Gasteiger partial charge in [-0.3, -0.25) is 4.79 Å². The van der Waals surface area contributed by atoms with Crippen LogP contribution in [0.1, 0.15) is 48.3 Å². The first-order chi connectivity index (χ1) is 17.5. The molecule has 3 aromatic rings. The quantitative estimate of drug-likeness (QED) is 0.454. The zero-order valence-corrected chi connectivity index (χ0v) is 20.2. The molecule has 5 rings (SSSR count). The molecule has 182 valence electrons. The molecule has 1 aliphatic heterocycles. The molecule has 0 saturated heterocycles. The Morgan fingerprint density at radius 2 is 1.58 bits per heavy atom. The first-order valence-electron chi connectivity index (χ1n) is 12.3. The fourth-order valence-electron chi connectivity index (χ4n) is 5.25. The molecule has 1 heterocycles. The van der Waals surface area contributed by atoms with Gasteiger partial charge in [0.2, 0.25) is 0 Å². The standard InChI is InChI=1S/C31H29NO4/c1-20-28(31(35)36-17-16-21-8-4-2-5-9-21)29(23-12-14-25(33)15-13-23)30-26(32-20)18-24(19-27(30)34)22-10-6-3-7-11-22/h2-15,24,29,32-33H,16-19H2,1H3/t24-,29-/m1/s1. The summed E-state index contributed by atoms with van der Waals surface area (Å²) in [6.45, 7) is 2.11. The minimum absolute atomic E-state index is 0.0257. The Morgan fingerprint density at radius 1 is 0.917 bits per heavy atom. The second-order valence-corrected chi connectivity index (χ2v) is 9.39. The van der Waals surface area contributed by atoms with Crippen molar-refractivity contribution in [2.24, 2.45) is 0 Å². The number of dihydropyridines is 1. The van der Waals surface area contributed by atoms with Gasteiger partial charge in [0.15, 0.2) is 5.78 Å². The van der Waals surface area contributed by atoms with Crippen LogP contribution in [0.25, 0.3) is 0 Å². The molecule has 0 radical (unpaired) electrons. The number of allylic oxidation sites excluding steroid dienone is 3. The topological polar surface area (TPSA) is 75.6 Å². The van der Waals surface area contributed by atoms with Gasteiger partial charge < -0.3 is 15.2 Å². The molecule has 5 heteroatoms. The smallest absolute Gasteiger partial charge is 0.336 e. The van der Waals surface area contributed by atoms with E-state index in [2.05, 4.69) is 17.4 Å². The number of carbonyl (C=O) groups excluding carboxylic acids is 2. The molecule has 5 nitrogen and oxygen atoms in total. The third-order valence-electron chi connectivity index (χ3n) is 7.01. The predicted octanol–water partition coefficient (Wildman–Crippen LogP) is 5.54. The summed E-state index contributed by atoms with van der Waals surface area (Å²) in [4.78, 5) is 27.0. The first kappa shape index (κ1) is 23.6. The van der Waals surface area contributed by atoms with Crippen LogP contribution in [-0.2, 0) is 20.7 Å². The molecule has 0 unspecified atom stereocenters. The third kappa shape index (κ3) is 4.82. The third-order valence-corrected chi connectivity index (χ3v) is 7.01. The number of rotatable bonds is 6. The van der Waals surface area contributed by atoms with Crippen molar-refractivity contribution in [2.75, 3.05) is 6.61 Å². The second kappa shape index (κ2) is 10.2. The fraction of sp³-hybridized carbons (Fsp3) is 0.226. The summed E-state index contributed by atoms with van der Waals surface area (Å²) < 4.78 is 5.72. The van der Waals surface area contributed by atoms with Crippen LogP contribution in [0.4, 0.5) is 0 Å². The number of phenols is 1. The number of aromatic hydroxyl groups is 1. The zero-order chi connectivity index (χ0) is 25.1. The lowest BCUT2D eigenvalue weighted by Gasteiger charge is -2.36. The van der Waals surface area contributed by atoms with Crippen LogP contribution < -0.4 is 5.32 Å². The van der Waals surface area contributed by atoms with Gasteiger partial charge in [-0.15, -0.1) is 0 Å². The number of ketones is 1. The maximum absolute atomic E-state index is 13.6. The highest BCUT2D eigenvalue weighted by Crippen LogP contribution is 2.45. The van der Waals surface area contributed by atoms with E-state index in [1.807, 2.05) is 55.5 Å². The highest BCUT2D eigenvalue weighted by molar-refractivity contribution is 6.04. The molecule has 2 atom stereocenters. The van der Waals surface area contributed by atoms with E-state index >= 15 is 0 Å². The minimum atomic E-state index is -0.546. The van der Waals surface area contributed by atoms with Crippen LogP contribution >= 0.6 is 0 Å². The molecule has 0 aromatic heterocycles. The number of esters is 1. The Balaban J connectivity index is 1.46. The molecule has 36 heavy (non-hydrogen) atoms. The van der Waals surface area contributed by atoms with Crippen molar-refractivity contribution in [3.8, 4) is 5.75 Å². The molecule has 0 saturated carbocycles. The molecule has 0 spiro atoms. The summed E-state index contributed by atoms with van der Waals surface area (Å²) in [5.41, 5.74) is 5.62. The number of carbonyl (C=O) groups is 2. The van der Waals surface area contributed by atoms with E-state index in [1.54, 1.807) is 24.3 Å². The molecular formula is C31H29NO4. The highest BCUT2D eigenvalue weighted by Gasteiger charge is 2.41. The van der Waals surface area contributed by atoms with Crippen molar-refractivity contribution >= 4 is 11.8 Å². The van der Waals surface area contributed by atoms with Gasteiger partial charge in [-0.05, 0) is 48.1 Å².